The van der Waals surface area contributed by atoms with Crippen LogP contribution in [0, 0.1) is 0 Å². The number of amides is 2. The van der Waals surface area contributed by atoms with E-state index >= 15 is 0 Å². The Morgan fingerprint density at radius 2 is 1.73 bits per heavy atom. The quantitative estimate of drug-likeness (QED) is 0.641. The second kappa shape index (κ2) is 8.54. The summed E-state index contributed by atoms with van der Waals surface area (Å²) in [6.07, 6.45) is 0. The topological polar surface area (TPSA) is 58.2 Å². The third-order valence-corrected chi connectivity index (χ3v) is 4.83. The van der Waals surface area contributed by atoms with Gasteiger partial charge < -0.3 is 10.6 Å². The van der Waals surface area contributed by atoms with Crippen LogP contribution in [0.2, 0.25) is 0 Å². The molecule has 0 aliphatic rings. The van der Waals surface area contributed by atoms with Crippen LogP contribution in [-0.4, -0.2) is 24.1 Å². The molecule has 3 rings (SSSR count). The van der Waals surface area contributed by atoms with Gasteiger partial charge in [0.2, 0.25) is 5.91 Å². The number of hydrogen-bond donors (Lipinski definition) is 2. The summed E-state index contributed by atoms with van der Waals surface area (Å²) in [6.45, 7) is 2.44. The van der Waals surface area contributed by atoms with Crippen LogP contribution in [0.25, 0.3) is 10.8 Å². The van der Waals surface area contributed by atoms with Crippen LogP contribution < -0.4 is 10.6 Å². The van der Waals surface area contributed by atoms with E-state index in [1.807, 2.05) is 25.1 Å². The first-order chi connectivity index (χ1) is 12.7. The SMILES string of the molecule is CCNC(=O)c1cccc(NC(=O)CSc2ccc3ccccc3c2)c1. The molecule has 0 unspecified atom stereocenters. The van der Waals surface area contributed by atoms with Crippen molar-refractivity contribution in [1.29, 1.82) is 0 Å². The number of fused-ring (bicyclic) bond motifs is 1. The zero-order chi connectivity index (χ0) is 18.4. The number of benzene rings is 3. The van der Waals surface area contributed by atoms with E-state index in [9.17, 15) is 9.59 Å². The molecule has 0 aliphatic carbocycles. The Morgan fingerprint density at radius 3 is 2.54 bits per heavy atom. The first-order valence-corrected chi connectivity index (χ1v) is 9.44. The van der Waals surface area contributed by atoms with Gasteiger partial charge in [0.05, 0.1) is 5.75 Å². The van der Waals surface area contributed by atoms with Gasteiger partial charge in [-0.15, -0.1) is 11.8 Å². The predicted octanol–water partition coefficient (Wildman–Crippen LogP) is 4.32. The van der Waals surface area contributed by atoms with E-state index < -0.39 is 0 Å². The van der Waals surface area contributed by atoms with Gasteiger partial charge in [0.1, 0.15) is 0 Å². The molecule has 0 fully saturated rings. The Kier molecular flexibility index (Phi) is 5.92. The first-order valence-electron chi connectivity index (χ1n) is 8.45. The van der Waals surface area contributed by atoms with Gasteiger partial charge in [-0.1, -0.05) is 36.4 Å². The number of nitrogens with one attached hydrogen (secondary N) is 2. The van der Waals surface area contributed by atoms with Crippen LogP contribution in [0.1, 0.15) is 17.3 Å². The maximum atomic E-state index is 12.2. The van der Waals surface area contributed by atoms with Crippen molar-refractivity contribution in [3.8, 4) is 0 Å². The second-order valence-corrected chi connectivity index (χ2v) is 6.83. The third-order valence-electron chi connectivity index (χ3n) is 3.84. The second-order valence-electron chi connectivity index (χ2n) is 5.79. The summed E-state index contributed by atoms with van der Waals surface area (Å²) in [4.78, 5) is 25.1. The summed E-state index contributed by atoms with van der Waals surface area (Å²) in [6, 6.07) is 21.3. The maximum absolute atomic E-state index is 12.2. The highest BCUT2D eigenvalue weighted by Gasteiger charge is 2.08. The van der Waals surface area contributed by atoms with Gasteiger partial charge in [0.15, 0.2) is 0 Å². The van der Waals surface area contributed by atoms with Crippen molar-refractivity contribution in [3.05, 3.63) is 72.3 Å². The molecule has 4 nitrogen and oxygen atoms in total. The van der Waals surface area contributed by atoms with E-state index in [1.165, 1.54) is 17.1 Å². The fourth-order valence-corrected chi connectivity index (χ4v) is 3.35. The van der Waals surface area contributed by atoms with Crippen molar-refractivity contribution in [2.75, 3.05) is 17.6 Å². The highest BCUT2D eigenvalue weighted by molar-refractivity contribution is 8.00. The molecule has 0 heterocycles. The van der Waals surface area contributed by atoms with Gasteiger partial charge in [-0.3, -0.25) is 9.59 Å². The molecule has 0 radical (unpaired) electrons. The molecule has 0 spiro atoms. The Morgan fingerprint density at radius 1 is 0.923 bits per heavy atom. The van der Waals surface area contributed by atoms with Crippen molar-refractivity contribution >= 4 is 40.0 Å². The van der Waals surface area contributed by atoms with Crippen molar-refractivity contribution in [2.24, 2.45) is 0 Å². The highest BCUT2D eigenvalue weighted by Crippen LogP contribution is 2.23. The summed E-state index contributed by atoms with van der Waals surface area (Å²) >= 11 is 1.49. The van der Waals surface area contributed by atoms with Crippen LogP contribution in [-0.2, 0) is 4.79 Å². The number of hydrogen-bond acceptors (Lipinski definition) is 3. The highest BCUT2D eigenvalue weighted by atomic mass is 32.2. The molecule has 3 aromatic carbocycles. The Hall–Kier alpha value is -2.79. The molecule has 0 aliphatic heterocycles. The molecule has 0 aromatic heterocycles. The van der Waals surface area contributed by atoms with Crippen molar-refractivity contribution in [3.63, 3.8) is 0 Å². The lowest BCUT2D eigenvalue weighted by Crippen LogP contribution is -2.23. The number of rotatable bonds is 6. The average molecular weight is 364 g/mol. The lowest BCUT2D eigenvalue weighted by atomic mass is 10.1. The minimum absolute atomic E-state index is 0.101. The molecule has 0 saturated carbocycles. The maximum Gasteiger partial charge on any atom is 0.251 e. The minimum atomic E-state index is -0.144. The zero-order valence-electron chi connectivity index (χ0n) is 14.5. The Labute approximate surface area is 157 Å². The summed E-state index contributed by atoms with van der Waals surface area (Å²) in [5.41, 5.74) is 1.16. The van der Waals surface area contributed by atoms with Crippen LogP contribution in [0.5, 0.6) is 0 Å². The van der Waals surface area contributed by atoms with Gasteiger partial charge in [-0.05, 0) is 48.0 Å². The van der Waals surface area contributed by atoms with Crippen LogP contribution in [0.3, 0.4) is 0 Å². The zero-order valence-corrected chi connectivity index (χ0v) is 15.3. The van der Waals surface area contributed by atoms with Gasteiger partial charge >= 0.3 is 0 Å². The molecule has 0 saturated heterocycles. The number of carbonyl (C=O) groups excluding carboxylic acids is 2. The fourth-order valence-electron chi connectivity index (χ4n) is 2.60. The molecular formula is C21H20N2O2S. The minimum Gasteiger partial charge on any atom is -0.352 e. The number of thioether (sulfide) groups is 1. The van der Waals surface area contributed by atoms with Crippen molar-refractivity contribution in [2.45, 2.75) is 11.8 Å². The monoisotopic (exact) mass is 364 g/mol. The normalized spacial score (nSPS) is 10.5. The van der Waals surface area contributed by atoms with Gasteiger partial charge in [-0.25, -0.2) is 0 Å². The van der Waals surface area contributed by atoms with E-state index in [-0.39, 0.29) is 11.8 Å². The van der Waals surface area contributed by atoms with E-state index in [2.05, 4.69) is 34.9 Å². The third kappa shape index (κ3) is 4.64. The van der Waals surface area contributed by atoms with E-state index in [0.717, 1.165) is 10.3 Å². The Bertz CT molecular complexity index is 940. The molecule has 26 heavy (non-hydrogen) atoms. The lowest BCUT2D eigenvalue weighted by Gasteiger charge is -2.08. The lowest BCUT2D eigenvalue weighted by molar-refractivity contribution is -0.113. The van der Waals surface area contributed by atoms with Gasteiger partial charge in [0.25, 0.3) is 5.91 Å². The standard InChI is InChI=1S/C21H20N2O2S/c1-2-22-21(25)17-8-5-9-18(12-17)23-20(24)14-26-19-11-10-15-6-3-4-7-16(15)13-19/h3-13H,2,14H2,1H3,(H,22,25)(H,23,24). The molecule has 2 amide bonds. The number of carbonyl (C=O) groups is 2. The molecule has 0 atom stereocenters. The summed E-state index contributed by atoms with van der Waals surface area (Å²) in [5.74, 6) is 0.0642. The molecule has 0 bridgehead atoms. The summed E-state index contributed by atoms with van der Waals surface area (Å²) in [7, 11) is 0. The first kappa shape index (κ1) is 18.0. The van der Waals surface area contributed by atoms with Gasteiger partial charge in [0, 0.05) is 22.7 Å². The van der Waals surface area contributed by atoms with Gasteiger partial charge in [-0.2, -0.15) is 0 Å². The number of anilines is 1. The average Bonchev–Trinajstić information content (AvgIpc) is 2.66. The summed E-state index contributed by atoms with van der Waals surface area (Å²) < 4.78 is 0. The fraction of sp³-hybridized carbons (Fsp3) is 0.143. The van der Waals surface area contributed by atoms with Crippen molar-refractivity contribution < 1.29 is 9.59 Å². The van der Waals surface area contributed by atoms with Crippen LogP contribution in [0.4, 0.5) is 5.69 Å². The van der Waals surface area contributed by atoms with Crippen LogP contribution in [0.15, 0.2) is 71.6 Å². The molecule has 3 aromatic rings. The Balaban J connectivity index is 1.60. The molecular weight excluding hydrogens is 344 g/mol. The molecule has 132 valence electrons. The summed E-state index contributed by atoms with van der Waals surface area (Å²) in [5, 5.41) is 7.94. The van der Waals surface area contributed by atoms with E-state index in [1.54, 1.807) is 24.3 Å². The molecule has 5 heteroatoms. The molecule has 2 N–H and O–H groups in total. The van der Waals surface area contributed by atoms with E-state index in [4.69, 9.17) is 0 Å². The largest absolute Gasteiger partial charge is 0.352 e. The smallest absolute Gasteiger partial charge is 0.251 e. The predicted molar refractivity (Wildman–Crippen MR) is 108 cm³/mol. The van der Waals surface area contributed by atoms with Crippen LogP contribution >= 0.6 is 11.8 Å². The van der Waals surface area contributed by atoms with E-state index in [0.29, 0.717) is 23.5 Å². The van der Waals surface area contributed by atoms with Crippen molar-refractivity contribution in [1.82, 2.24) is 5.32 Å².